The van der Waals surface area contributed by atoms with E-state index >= 15 is 0 Å². The second-order valence-corrected chi connectivity index (χ2v) is 8.38. The molecule has 1 saturated carbocycles. The molecule has 148 valence electrons. The Balaban J connectivity index is 1.21. The average Bonchev–Trinajstić information content (AvgIpc) is 3.37. The first-order valence-corrected chi connectivity index (χ1v) is 10.7. The molecule has 3 aromatic heterocycles. The van der Waals surface area contributed by atoms with Crippen LogP contribution in [0.15, 0.2) is 28.9 Å². The number of likely N-dealkylation sites (tertiary alicyclic amines) is 1. The minimum Gasteiger partial charge on any atom is -0.339 e. The van der Waals surface area contributed by atoms with Gasteiger partial charge in [-0.2, -0.15) is 4.98 Å². The van der Waals surface area contributed by atoms with Gasteiger partial charge >= 0.3 is 0 Å². The molecule has 2 aliphatic rings. The van der Waals surface area contributed by atoms with Crippen LogP contribution in [0.4, 0.5) is 0 Å². The molecular weight excluding hydrogens is 352 g/mol. The van der Waals surface area contributed by atoms with Crippen molar-refractivity contribution in [3.63, 3.8) is 0 Å². The van der Waals surface area contributed by atoms with E-state index in [9.17, 15) is 0 Å². The molecule has 5 rings (SSSR count). The molecular formula is C21H28N6O. The number of piperidine rings is 1. The van der Waals surface area contributed by atoms with Crippen molar-refractivity contribution in [2.45, 2.75) is 63.8 Å². The highest BCUT2D eigenvalue weighted by atomic mass is 16.5. The Labute approximate surface area is 165 Å². The molecule has 3 aromatic rings. The van der Waals surface area contributed by atoms with Crippen molar-refractivity contribution >= 4 is 5.65 Å². The lowest BCUT2D eigenvalue weighted by molar-refractivity contribution is 0.160. The molecule has 1 unspecified atom stereocenters. The summed E-state index contributed by atoms with van der Waals surface area (Å²) in [5.74, 6) is 3.82. The zero-order valence-electron chi connectivity index (χ0n) is 16.3. The van der Waals surface area contributed by atoms with Gasteiger partial charge < -0.3 is 4.52 Å². The number of fused-ring (bicyclic) bond motifs is 1. The number of rotatable bonds is 5. The maximum atomic E-state index is 5.60. The van der Waals surface area contributed by atoms with E-state index in [-0.39, 0.29) is 0 Å². The van der Waals surface area contributed by atoms with Crippen molar-refractivity contribution in [2.75, 3.05) is 13.1 Å². The predicted octanol–water partition coefficient (Wildman–Crippen LogP) is 3.61. The molecule has 0 aromatic carbocycles. The fraction of sp³-hybridized carbons (Fsp3) is 0.619. The van der Waals surface area contributed by atoms with Gasteiger partial charge in [0.25, 0.3) is 0 Å². The molecule has 1 saturated heterocycles. The lowest BCUT2D eigenvalue weighted by Gasteiger charge is -2.31. The summed E-state index contributed by atoms with van der Waals surface area (Å²) in [6, 6.07) is 6.04. The third-order valence-corrected chi connectivity index (χ3v) is 6.26. The van der Waals surface area contributed by atoms with E-state index in [4.69, 9.17) is 9.51 Å². The van der Waals surface area contributed by atoms with Crippen LogP contribution in [0.3, 0.4) is 0 Å². The third kappa shape index (κ3) is 3.81. The normalized spacial score (nSPS) is 22.1. The fourth-order valence-electron chi connectivity index (χ4n) is 4.80. The van der Waals surface area contributed by atoms with Crippen LogP contribution in [0.1, 0.15) is 68.4 Å². The van der Waals surface area contributed by atoms with E-state index in [2.05, 4.69) is 30.9 Å². The fourth-order valence-corrected chi connectivity index (χ4v) is 4.80. The molecule has 4 heterocycles. The first kappa shape index (κ1) is 17.8. The predicted molar refractivity (Wildman–Crippen MR) is 105 cm³/mol. The van der Waals surface area contributed by atoms with Gasteiger partial charge in [0.1, 0.15) is 5.82 Å². The molecule has 1 aliphatic heterocycles. The Morgan fingerprint density at radius 3 is 2.89 bits per heavy atom. The number of aromatic nitrogens is 5. The van der Waals surface area contributed by atoms with E-state index in [0.29, 0.717) is 11.8 Å². The molecule has 7 nitrogen and oxygen atoms in total. The minimum absolute atomic E-state index is 0.477. The summed E-state index contributed by atoms with van der Waals surface area (Å²) in [7, 11) is 0. The smallest absolute Gasteiger partial charge is 0.229 e. The number of pyridine rings is 1. The number of nitrogens with zero attached hydrogens (tertiary/aromatic N) is 6. The lowest BCUT2D eigenvalue weighted by atomic mass is 9.89. The highest BCUT2D eigenvalue weighted by Gasteiger charge is 2.25. The van der Waals surface area contributed by atoms with Gasteiger partial charge in [0.2, 0.25) is 5.89 Å². The molecule has 28 heavy (non-hydrogen) atoms. The first-order valence-electron chi connectivity index (χ1n) is 10.7. The molecule has 0 amide bonds. The summed E-state index contributed by atoms with van der Waals surface area (Å²) in [5.41, 5.74) is 0.923. The number of hydrogen-bond donors (Lipinski definition) is 0. The third-order valence-electron chi connectivity index (χ3n) is 6.26. The summed E-state index contributed by atoms with van der Waals surface area (Å²) >= 11 is 0. The Morgan fingerprint density at radius 1 is 1.04 bits per heavy atom. The van der Waals surface area contributed by atoms with Crippen LogP contribution in [0.2, 0.25) is 0 Å². The van der Waals surface area contributed by atoms with E-state index in [1.54, 1.807) is 0 Å². The summed E-state index contributed by atoms with van der Waals surface area (Å²) < 4.78 is 7.70. The van der Waals surface area contributed by atoms with Crippen LogP contribution < -0.4 is 0 Å². The van der Waals surface area contributed by atoms with Gasteiger partial charge in [-0.1, -0.05) is 30.5 Å². The van der Waals surface area contributed by atoms with Crippen molar-refractivity contribution < 1.29 is 4.52 Å². The molecule has 0 radical (unpaired) electrons. The van der Waals surface area contributed by atoms with Gasteiger partial charge in [-0.25, -0.2) is 0 Å². The molecule has 0 N–H and O–H groups in total. The summed E-state index contributed by atoms with van der Waals surface area (Å²) in [5, 5.41) is 13.0. The molecule has 0 bridgehead atoms. The molecule has 1 atom stereocenters. The van der Waals surface area contributed by atoms with Crippen LogP contribution >= 0.6 is 0 Å². The van der Waals surface area contributed by atoms with Crippen molar-refractivity contribution in [1.29, 1.82) is 0 Å². The largest absolute Gasteiger partial charge is 0.339 e. The van der Waals surface area contributed by atoms with E-state index < -0.39 is 0 Å². The topological polar surface area (TPSA) is 72.3 Å². The lowest BCUT2D eigenvalue weighted by Crippen LogP contribution is -2.36. The van der Waals surface area contributed by atoms with Crippen LogP contribution in [0.25, 0.3) is 5.65 Å². The SMILES string of the molecule is c1ccn2c(CC3CCCN(Cc4noc(C5CCCCC5)n4)C3)nnc2c1. The average molecular weight is 380 g/mol. The highest BCUT2D eigenvalue weighted by Crippen LogP contribution is 2.31. The molecule has 1 aliphatic carbocycles. The maximum Gasteiger partial charge on any atom is 0.229 e. The first-order chi connectivity index (χ1) is 13.8. The quantitative estimate of drug-likeness (QED) is 0.673. The van der Waals surface area contributed by atoms with Crippen LogP contribution in [-0.2, 0) is 13.0 Å². The molecule has 2 fully saturated rings. The second kappa shape index (κ2) is 7.99. The van der Waals surface area contributed by atoms with Crippen molar-refractivity contribution in [3.05, 3.63) is 41.9 Å². The van der Waals surface area contributed by atoms with Crippen molar-refractivity contribution in [3.8, 4) is 0 Å². The van der Waals surface area contributed by atoms with Gasteiger partial charge in [0.05, 0.1) is 6.54 Å². The Hall–Kier alpha value is -2.28. The number of hydrogen-bond acceptors (Lipinski definition) is 6. The Kier molecular flexibility index (Phi) is 5.08. The molecule has 7 heteroatoms. The van der Waals surface area contributed by atoms with Crippen LogP contribution in [-0.4, -0.2) is 42.7 Å². The van der Waals surface area contributed by atoms with Gasteiger partial charge in [-0.05, 0) is 50.3 Å². The van der Waals surface area contributed by atoms with E-state index in [1.807, 2.05) is 18.2 Å². The van der Waals surface area contributed by atoms with Gasteiger partial charge in [0, 0.05) is 25.1 Å². The molecule has 0 spiro atoms. The van der Waals surface area contributed by atoms with E-state index in [0.717, 1.165) is 49.2 Å². The second-order valence-electron chi connectivity index (χ2n) is 8.38. The van der Waals surface area contributed by atoms with Gasteiger partial charge in [-0.3, -0.25) is 9.30 Å². The summed E-state index contributed by atoms with van der Waals surface area (Å²) in [6.07, 6.45) is 11.7. The standard InChI is InChI=1S/C21H28N6O/c1-2-8-17(9-3-1)21-22-18(25-28-21)15-26-11-6-7-16(14-26)13-20-24-23-19-10-4-5-12-27(19)20/h4-5,10,12,16-17H,1-3,6-9,11,13-15H2. The van der Waals surface area contributed by atoms with Crippen molar-refractivity contribution in [1.82, 2.24) is 29.6 Å². The Bertz CT molecular complexity index is 912. The van der Waals surface area contributed by atoms with Gasteiger partial charge in [0.15, 0.2) is 11.5 Å². The zero-order chi connectivity index (χ0) is 18.8. The maximum absolute atomic E-state index is 5.60. The Morgan fingerprint density at radius 2 is 1.96 bits per heavy atom. The van der Waals surface area contributed by atoms with E-state index in [1.165, 1.54) is 44.9 Å². The van der Waals surface area contributed by atoms with Crippen LogP contribution in [0, 0.1) is 5.92 Å². The monoisotopic (exact) mass is 380 g/mol. The van der Waals surface area contributed by atoms with Crippen LogP contribution in [0.5, 0.6) is 0 Å². The summed E-state index contributed by atoms with van der Waals surface area (Å²) in [4.78, 5) is 7.19. The highest BCUT2D eigenvalue weighted by molar-refractivity contribution is 5.37. The van der Waals surface area contributed by atoms with Gasteiger partial charge in [-0.15, -0.1) is 10.2 Å². The van der Waals surface area contributed by atoms with Crippen molar-refractivity contribution in [2.24, 2.45) is 5.92 Å². The minimum atomic E-state index is 0.477. The zero-order valence-corrected chi connectivity index (χ0v) is 16.3. The summed E-state index contributed by atoms with van der Waals surface area (Å²) in [6.45, 7) is 2.94.